The zero-order valence-corrected chi connectivity index (χ0v) is 12.7. The number of hydrogen-bond acceptors (Lipinski definition) is 4. The smallest absolute Gasteiger partial charge is 0.158 e. The topological polar surface area (TPSA) is 61.8 Å². The molecule has 1 aliphatic heterocycles. The molecule has 6 heteroatoms. The third kappa shape index (κ3) is 3.37. The van der Waals surface area contributed by atoms with Gasteiger partial charge in [-0.2, -0.15) is 5.10 Å². The first kappa shape index (κ1) is 14.8. The van der Waals surface area contributed by atoms with Crippen LogP contribution in [-0.2, 0) is 22.5 Å². The summed E-state index contributed by atoms with van der Waals surface area (Å²) in [4.78, 5) is 0. The summed E-state index contributed by atoms with van der Waals surface area (Å²) < 4.78 is 13.2. The van der Waals surface area contributed by atoms with Crippen molar-refractivity contribution in [1.82, 2.24) is 9.61 Å². The fourth-order valence-electron chi connectivity index (χ4n) is 2.67. The van der Waals surface area contributed by atoms with E-state index >= 15 is 0 Å². The SMILES string of the molecule is NCCc1c(COC2CCCCO2)nn2cc(Cl)ccc12. The van der Waals surface area contributed by atoms with E-state index in [0.29, 0.717) is 18.2 Å². The van der Waals surface area contributed by atoms with Gasteiger partial charge < -0.3 is 15.2 Å². The van der Waals surface area contributed by atoms with E-state index in [2.05, 4.69) is 5.10 Å². The summed E-state index contributed by atoms with van der Waals surface area (Å²) in [6, 6.07) is 3.84. The van der Waals surface area contributed by atoms with E-state index in [9.17, 15) is 0 Å². The summed E-state index contributed by atoms with van der Waals surface area (Å²) in [6.07, 6.45) is 5.68. The standard InChI is InChI=1S/C15H20ClN3O2/c16-11-4-5-14-12(6-7-17)13(18-19(14)9-11)10-21-15-3-1-2-8-20-15/h4-5,9,15H,1-3,6-8,10,17H2. The van der Waals surface area contributed by atoms with Crippen LogP contribution in [0.4, 0.5) is 0 Å². The molecule has 0 spiro atoms. The largest absolute Gasteiger partial charge is 0.353 e. The second-order valence-corrected chi connectivity index (χ2v) is 5.68. The van der Waals surface area contributed by atoms with Gasteiger partial charge in [0.15, 0.2) is 6.29 Å². The van der Waals surface area contributed by atoms with Gasteiger partial charge in [-0.25, -0.2) is 4.52 Å². The molecule has 1 fully saturated rings. The lowest BCUT2D eigenvalue weighted by Crippen LogP contribution is -2.22. The lowest BCUT2D eigenvalue weighted by Gasteiger charge is -2.22. The van der Waals surface area contributed by atoms with Gasteiger partial charge >= 0.3 is 0 Å². The van der Waals surface area contributed by atoms with Crippen molar-refractivity contribution in [2.24, 2.45) is 5.73 Å². The van der Waals surface area contributed by atoms with E-state index < -0.39 is 0 Å². The highest BCUT2D eigenvalue weighted by Crippen LogP contribution is 2.21. The Kier molecular flexibility index (Phi) is 4.75. The fraction of sp³-hybridized carbons (Fsp3) is 0.533. The number of hydrogen-bond donors (Lipinski definition) is 1. The Morgan fingerprint density at radius 2 is 2.33 bits per heavy atom. The molecule has 0 aromatic carbocycles. The molecule has 0 aliphatic carbocycles. The van der Waals surface area contributed by atoms with Crippen molar-refractivity contribution in [3.8, 4) is 0 Å². The molecule has 0 saturated carbocycles. The van der Waals surface area contributed by atoms with Crippen LogP contribution in [0.15, 0.2) is 18.3 Å². The van der Waals surface area contributed by atoms with Gasteiger partial charge in [-0.1, -0.05) is 11.6 Å². The van der Waals surface area contributed by atoms with Gasteiger partial charge in [-0.3, -0.25) is 0 Å². The van der Waals surface area contributed by atoms with Gasteiger partial charge in [-0.05, 0) is 44.4 Å². The number of nitrogens with two attached hydrogens (primary N) is 1. The van der Waals surface area contributed by atoms with Gasteiger partial charge in [0.1, 0.15) is 0 Å². The second kappa shape index (κ2) is 6.75. The van der Waals surface area contributed by atoms with E-state index in [-0.39, 0.29) is 6.29 Å². The minimum Gasteiger partial charge on any atom is -0.353 e. The molecule has 2 aromatic heterocycles. The Bertz CT molecular complexity index is 608. The zero-order chi connectivity index (χ0) is 14.7. The first-order valence-electron chi connectivity index (χ1n) is 7.37. The number of nitrogens with zero attached hydrogens (tertiary/aromatic N) is 2. The van der Waals surface area contributed by atoms with Crippen LogP contribution in [0.3, 0.4) is 0 Å². The molecule has 0 amide bonds. The monoisotopic (exact) mass is 309 g/mol. The molecule has 114 valence electrons. The normalized spacial score (nSPS) is 19.2. The molecule has 5 nitrogen and oxygen atoms in total. The molecule has 2 N–H and O–H groups in total. The van der Waals surface area contributed by atoms with Crippen molar-refractivity contribution in [3.63, 3.8) is 0 Å². The van der Waals surface area contributed by atoms with E-state index in [0.717, 1.165) is 49.1 Å². The van der Waals surface area contributed by atoms with Crippen molar-refractivity contribution in [2.45, 2.75) is 38.6 Å². The minimum absolute atomic E-state index is 0.113. The molecule has 1 saturated heterocycles. The number of fused-ring (bicyclic) bond motifs is 1. The lowest BCUT2D eigenvalue weighted by molar-refractivity contribution is -0.169. The number of aromatic nitrogens is 2. The van der Waals surface area contributed by atoms with Crippen LogP contribution in [0.5, 0.6) is 0 Å². The molecule has 3 rings (SSSR count). The predicted octanol–water partition coefficient (Wildman–Crippen LogP) is 2.53. The Balaban J connectivity index is 1.80. The molecule has 2 aromatic rings. The van der Waals surface area contributed by atoms with Crippen LogP contribution in [0.2, 0.25) is 5.02 Å². The third-order valence-corrected chi connectivity index (χ3v) is 3.94. The highest BCUT2D eigenvalue weighted by atomic mass is 35.5. The summed E-state index contributed by atoms with van der Waals surface area (Å²) in [5.41, 5.74) is 8.80. The molecule has 21 heavy (non-hydrogen) atoms. The molecular formula is C15H20ClN3O2. The van der Waals surface area contributed by atoms with Crippen LogP contribution >= 0.6 is 11.6 Å². The zero-order valence-electron chi connectivity index (χ0n) is 11.9. The summed E-state index contributed by atoms with van der Waals surface area (Å²) in [5.74, 6) is 0. The molecule has 1 unspecified atom stereocenters. The molecule has 3 heterocycles. The maximum atomic E-state index is 6.02. The minimum atomic E-state index is -0.113. The molecule has 1 aliphatic rings. The summed E-state index contributed by atoms with van der Waals surface area (Å²) in [5, 5.41) is 5.23. The summed E-state index contributed by atoms with van der Waals surface area (Å²) >= 11 is 6.02. The summed E-state index contributed by atoms with van der Waals surface area (Å²) in [6.45, 7) is 1.80. The number of pyridine rings is 1. The highest BCUT2D eigenvalue weighted by Gasteiger charge is 2.17. The van der Waals surface area contributed by atoms with Crippen molar-refractivity contribution in [3.05, 3.63) is 34.6 Å². The first-order chi connectivity index (χ1) is 10.3. The molecule has 0 radical (unpaired) electrons. The first-order valence-corrected chi connectivity index (χ1v) is 7.74. The van der Waals surface area contributed by atoms with Crippen molar-refractivity contribution >= 4 is 17.1 Å². The Hall–Kier alpha value is -1.14. The van der Waals surface area contributed by atoms with Gasteiger partial charge in [0, 0.05) is 18.4 Å². The van der Waals surface area contributed by atoms with Crippen LogP contribution in [-0.4, -0.2) is 29.1 Å². The van der Waals surface area contributed by atoms with E-state index in [1.54, 1.807) is 10.7 Å². The molecule has 0 bridgehead atoms. The van der Waals surface area contributed by atoms with Gasteiger partial charge in [0.25, 0.3) is 0 Å². The van der Waals surface area contributed by atoms with Gasteiger partial charge in [0.05, 0.1) is 22.8 Å². The number of rotatable bonds is 5. The average Bonchev–Trinajstić information content (AvgIpc) is 2.84. The lowest BCUT2D eigenvalue weighted by atomic mass is 10.1. The van der Waals surface area contributed by atoms with Crippen LogP contribution < -0.4 is 5.73 Å². The average molecular weight is 310 g/mol. The number of halogens is 1. The maximum Gasteiger partial charge on any atom is 0.158 e. The van der Waals surface area contributed by atoms with Crippen LogP contribution in [0.1, 0.15) is 30.5 Å². The van der Waals surface area contributed by atoms with Crippen molar-refractivity contribution in [2.75, 3.05) is 13.2 Å². The fourth-order valence-corrected chi connectivity index (χ4v) is 2.83. The second-order valence-electron chi connectivity index (χ2n) is 5.25. The Morgan fingerprint density at radius 3 is 3.10 bits per heavy atom. The van der Waals surface area contributed by atoms with E-state index in [4.69, 9.17) is 26.8 Å². The Labute approximate surface area is 129 Å². The van der Waals surface area contributed by atoms with Crippen LogP contribution in [0.25, 0.3) is 5.52 Å². The summed E-state index contributed by atoms with van der Waals surface area (Å²) in [7, 11) is 0. The van der Waals surface area contributed by atoms with Crippen molar-refractivity contribution in [1.29, 1.82) is 0 Å². The van der Waals surface area contributed by atoms with Crippen molar-refractivity contribution < 1.29 is 9.47 Å². The van der Waals surface area contributed by atoms with Crippen LogP contribution in [0, 0.1) is 0 Å². The quantitative estimate of drug-likeness (QED) is 0.922. The molecule has 1 atom stereocenters. The maximum absolute atomic E-state index is 6.02. The highest BCUT2D eigenvalue weighted by molar-refractivity contribution is 6.30. The van der Waals surface area contributed by atoms with Gasteiger partial charge in [0.2, 0.25) is 0 Å². The number of ether oxygens (including phenoxy) is 2. The van der Waals surface area contributed by atoms with E-state index in [1.165, 1.54) is 0 Å². The third-order valence-electron chi connectivity index (χ3n) is 3.72. The predicted molar refractivity (Wildman–Crippen MR) is 81.3 cm³/mol. The molecular weight excluding hydrogens is 290 g/mol. The Morgan fingerprint density at radius 1 is 1.43 bits per heavy atom. The van der Waals surface area contributed by atoms with E-state index in [1.807, 2.05) is 12.1 Å². The van der Waals surface area contributed by atoms with Gasteiger partial charge in [-0.15, -0.1) is 0 Å².